The molecule has 2 rings (SSSR count). The fourth-order valence-corrected chi connectivity index (χ4v) is 3.19. The minimum absolute atomic E-state index is 0. The van der Waals surface area contributed by atoms with Gasteiger partial charge in [-0.1, -0.05) is 49.6 Å². The summed E-state index contributed by atoms with van der Waals surface area (Å²) in [5.41, 5.74) is 1.35. The van der Waals surface area contributed by atoms with E-state index in [-0.39, 0.29) is 36.4 Å². The summed E-state index contributed by atoms with van der Waals surface area (Å²) >= 11 is 0. The van der Waals surface area contributed by atoms with Gasteiger partial charge in [0.05, 0.1) is 0 Å². The van der Waals surface area contributed by atoms with Gasteiger partial charge < -0.3 is 15.5 Å². The van der Waals surface area contributed by atoms with Crippen LogP contribution in [0.5, 0.6) is 0 Å². The predicted octanol–water partition coefficient (Wildman–Crippen LogP) is 3.58. The quantitative estimate of drug-likeness (QED) is 0.352. The van der Waals surface area contributed by atoms with E-state index in [1.54, 1.807) is 19.0 Å². The van der Waals surface area contributed by atoms with E-state index in [1.165, 1.54) is 37.7 Å². The first-order valence-electron chi connectivity index (χ1n) is 9.86. The van der Waals surface area contributed by atoms with E-state index in [9.17, 15) is 4.79 Å². The number of carbonyl (C=O) groups excluding carboxylic acids is 1. The summed E-state index contributed by atoms with van der Waals surface area (Å²) in [7, 11) is 3.53. The molecule has 6 heteroatoms. The molecular weight excluding hydrogens is 451 g/mol. The van der Waals surface area contributed by atoms with E-state index in [2.05, 4.69) is 46.8 Å². The Morgan fingerprint density at radius 3 is 2.48 bits per heavy atom. The second-order valence-corrected chi connectivity index (χ2v) is 7.50. The fraction of sp³-hybridized carbons (Fsp3) is 0.619. The normalized spacial score (nSPS) is 16.2. The third kappa shape index (κ3) is 9.44. The Balaban J connectivity index is 0.00000364. The van der Waals surface area contributed by atoms with Crippen molar-refractivity contribution in [2.75, 3.05) is 20.6 Å². The zero-order valence-electron chi connectivity index (χ0n) is 16.9. The van der Waals surface area contributed by atoms with Crippen LogP contribution < -0.4 is 10.6 Å². The predicted molar refractivity (Wildman–Crippen MR) is 124 cm³/mol. The molecule has 1 aliphatic rings. The van der Waals surface area contributed by atoms with Gasteiger partial charge in [0.25, 0.3) is 0 Å². The summed E-state index contributed by atoms with van der Waals surface area (Å²) in [6.45, 7) is 2.36. The summed E-state index contributed by atoms with van der Waals surface area (Å²) in [6, 6.07) is 11.3. The Labute approximate surface area is 181 Å². The molecule has 0 aliphatic heterocycles. The number of guanidine groups is 1. The highest BCUT2D eigenvalue weighted by Gasteiger charge is 2.16. The molecule has 1 unspecified atom stereocenters. The molecule has 1 aromatic carbocycles. The van der Waals surface area contributed by atoms with Crippen molar-refractivity contribution in [2.24, 2.45) is 4.99 Å². The Morgan fingerprint density at radius 1 is 1.19 bits per heavy atom. The van der Waals surface area contributed by atoms with Gasteiger partial charge in [0.2, 0.25) is 5.91 Å². The second kappa shape index (κ2) is 13.0. The van der Waals surface area contributed by atoms with Gasteiger partial charge in [-0.25, -0.2) is 4.99 Å². The highest BCUT2D eigenvalue weighted by molar-refractivity contribution is 14.0. The molecule has 0 saturated heterocycles. The van der Waals surface area contributed by atoms with Crippen LogP contribution in [0.3, 0.4) is 0 Å². The summed E-state index contributed by atoms with van der Waals surface area (Å²) in [4.78, 5) is 18.0. The summed E-state index contributed by atoms with van der Waals surface area (Å²) in [5.74, 6) is 0.791. The molecule has 5 nitrogen and oxygen atoms in total. The monoisotopic (exact) mass is 486 g/mol. The number of hydrogen-bond acceptors (Lipinski definition) is 2. The number of carbonyl (C=O) groups is 1. The van der Waals surface area contributed by atoms with E-state index in [1.807, 2.05) is 6.07 Å². The molecule has 27 heavy (non-hydrogen) atoms. The van der Waals surface area contributed by atoms with Crippen LogP contribution in [0.15, 0.2) is 35.3 Å². The lowest BCUT2D eigenvalue weighted by molar-refractivity contribution is -0.127. The third-order valence-corrected chi connectivity index (χ3v) is 4.91. The van der Waals surface area contributed by atoms with Crippen molar-refractivity contribution in [1.82, 2.24) is 15.5 Å². The molecule has 2 N–H and O–H groups in total. The van der Waals surface area contributed by atoms with Crippen LogP contribution in [0, 0.1) is 0 Å². The number of halogens is 1. The van der Waals surface area contributed by atoms with Crippen LogP contribution in [0.25, 0.3) is 0 Å². The molecule has 1 saturated carbocycles. The van der Waals surface area contributed by atoms with Crippen molar-refractivity contribution < 1.29 is 4.79 Å². The van der Waals surface area contributed by atoms with Gasteiger partial charge in [-0.2, -0.15) is 0 Å². The molecule has 1 atom stereocenters. The minimum Gasteiger partial charge on any atom is -0.354 e. The van der Waals surface area contributed by atoms with Gasteiger partial charge in [-0.05, 0) is 38.2 Å². The first kappa shape index (κ1) is 23.7. The maximum atomic E-state index is 11.9. The Morgan fingerprint density at radius 2 is 1.85 bits per heavy atom. The van der Waals surface area contributed by atoms with Crippen molar-refractivity contribution >= 4 is 35.8 Å². The summed E-state index contributed by atoms with van der Waals surface area (Å²) in [6.07, 6.45) is 8.28. The molecule has 1 aromatic rings. The molecular formula is C21H35IN4O. The van der Waals surface area contributed by atoms with Gasteiger partial charge in [-0.3, -0.25) is 4.79 Å². The SMILES string of the molecule is CC(CCc1ccccc1)NC(=NCC(=O)N(C)C)NC1CCCCC1.I. The van der Waals surface area contributed by atoms with E-state index < -0.39 is 0 Å². The molecule has 0 bridgehead atoms. The first-order chi connectivity index (χ1) is 12.5. The van der Waals surface area contributed by atoms with Crippen LogP contribution in [-0.2, 0) is 11.2 Å². The van der Waals surface area contributed by atoms with Gasteiger partial charge in [0.1, 0.15) is 6.54 Å². The van der Waals surface area contributed by atoms with Crippen LogP contribution in [-0.4, -0.2) is 49.5 Å². The number of nitrogens with zero attached hydrogens (tertiary/aromatic N) is 2. The van der Waals surface area contributed by atoms with Gasteiger partial charge in [0.15, 0.2) is 5.96 Å². The van der Waals surface area contributed by atoms with Crippen molar-refractivity contribution in [3.63, 3.8) is 0 Å². The van der Waals surface area contributed by atoms with E-state index >= 15 is 0 Å². The fourth-order valence-electron chi connectivity index (χ4n) is 3.19. The van der Waals surface area contributed by atoms with Crippen molar-refractivity contribution in [1.29, 1.82) is 0 Å². The van der Waals surface area contributed by atoms with Crippen LogP contribution in [0.2, 0.25) is 0 Å². The van der Waals surface area contributed by atoms with Gasteiger partial charge in [0, 0.05) is 26.2 Å². The average molecular weight is 486 g/mol. The highest BCUT2D eigenvalue weighted by atomic mass is 127. The van der Waals surface area contributed by atoms with Gasteiger partial charge in [-0.15, -0.1) is 24.0 Å². The number of hydrogen-bond donors (Lipinski definition) is 2. The van der Waals surface area contributed by atoms with Crippen molar-refractivity contribution in [3.05, 3.63) is 35.9 Å². The summed E-state index contributed by atoms with van der Waals surface area (Å²) < 4.78 is 0. The second-order valence-electron chi connectivity index (χ2n) is 7.50. The smallest absolute Gasteiger partial charge is 0.243 e. The molecule has 0 radical (unpaired) electrons. The summed E-state index contributed by atoms with van der Waals surface area (Å²) in [5, 5.41) is 7.04. The van der Waals surface area contributed by atoms with Crippen LogP contribution >= 0.6 is 24.0 Å². The number of rotatable bonds is 7. The maximum Gasteiger partial charge on any atom is 0.243 e. The number of nitrogens with one attached hydrogen (secondary N) is 2. The van der Waals surface area contributed by atoms with E-state index in [4.69, 9.17) is 0 Å². The standard InChI is InChI=1S/C21H34N4O.HI/c1-17(14-15-18-10-6-4-7-11-18)23-21(22-16-20(26)25(2)3)24-19-12-8-5-9-13-19;/h4,6-7,10-11,17,19H,5,8-9,12-16H2,1-3H3,(H2,22,23,24);1H. The Hall–Kier alpha value is -1.31. The number of likely N-dealkylation sites (N-methyl/N-ethyl adjacent to an activating group) is 1. The third-order valence-electron chi connectivity index (χ3n) is 4.91. The van der Waals surface area contributed by atoms with E-state index in [0.717, 1.165) is 18.8 Å². The zero-order chi connectivity index (χ0) is 18.8. The van der Waals surface area contributed by atoms with E-state index in [0.29, 0.717) is 12.1 Å². The highest BCUT2D eigenvalue weighted by Crippen LogP contribution is 2.17. The lowest BCUT2D eigenvalue weighted by Crippen LogP contribution is -2.47. The zero-order valence-corrected chi connectivity index (χ0v) is 19.2. The number of benzene rings is 1. The number of aliphatic imine (C=N–C) groups is 1. The molecule has 0 aromatic heterocycles. The van der Waals surface area contributed by atoms with Crippen molar-refractivity contribution in [2.45, 2.75) is 64.0 Å². The van der Waals surface area contributed by atoms with Crippen molar-refractivity contribution in [3.8, 4) is 0 Å². The lowest BCUT2D eigenvalue weighted by atomic mass is 9.96. The molecule has 1 aliphatic carbocycles. The minimum atomic E-state index is 0. The molecule has 1 fully saturated rings. The maximum absolute atomic E-state index is 11.9. The van der Waals surface area contributed by atoms with Gasteiger partial charge >= 0.3 is 0 Å². The first-order valence-corrected chi connectivity index (χ1v) is 9.86. The topological polar surface area (TPSA) is 56.7 Å². The number of aryl methyl sites for hydroxylation is 1. The Kier molecular flexibility index (Phi) is 11.4. The molecule has 0 heterocycles. The molecule has 1 amide bonds. The van der Waals surface area contributed by atoms with Crippen LogP contribution in [0.1, 0.15) is 51.0 Å². The van der Waals surface area contributed by atoms with Crippen LogP contribution in [0.4, 0.5) is 0 Å². The molecule has 152 valence electrons. The Bertz CT molecular complexity index is 571. The number of amides is 1. The largest absolute Gasteiger partial charge is 0.354 e. The average Bonchev–Trinajstić information content (AvgIpc) is 2.65. The lowest BCUT2D eigenvalue weighted by Gasteiger charge is -2.27. The molecule has 0 spiro atoms.